The molecule has 1 aromatic rings. The van der Waals surface area contributed by atoms with Crippen molar-refractivity contribution in [3.8, 4) is 0 Å². The average molecular weight is 264 g/mol. The second-order valence-electron chi connectivity index (χ2n) is 1.93. The third kappa shape index (κ3) is 2.58. The third-order valence-electron chi connectivity index (χ3n) is 1.10. The fraction of sp³-hybridized carbons (Fsp3) is 0.333. The number of aromatic nitrogens is 2. The summed E-state index contributed by atoms with van der Waals surface area (Å²) >= 11 is 2.17. The van der Waals surface area contributed by atoms with Crippen molar-refractivity contribution in [2.75, 3.05) is 18.4 Å². The van der Waals surface area contributed by atoms with Crippen molar-refractivity contribution in [3.05, 3.63) is 16.1 Å². The molecule has 0 radical (unpaired) electrons. The van der Waals surface area contributed by atoms with E-state index in [1.165, 1.54) is 6.33 Å². The molecule has 0 bridgehead atoms. The minimum atomic E-state index is 0.611. The Bertz CT molecular complexity index is 228. The maximum Gasteiger partial charge on any atom is 0.142 e. The molecule has 1 heterocycles. The number of hydrogen-bond acceptors (Lipinski definition) is 4. The summed E-state index contributed by atoms with van der Waals surface area (Å²) < 4.78 is 1.01. The number of anilines is 1. The molecule has 0 spiro atoms. The van der Waals surface area contributed by atoms with Crippen LogP contribution in [0, 0.1) is 3.57 Å². The van der Waals surface area contributed by atoms with E-state index in [1.807, 2.05) is 0 Å². The summed E-state index contributed by atoms with van der Waals surface area (Å²) in [5, 5.41) is 3.08. The molecule has 0 aliphatic heterocycles. The molecule has 0 unspecified atom stereocenters. The van der Waals surface area contributed by atoms with E-state index in [2.05, 4.69) is 37.9 Å². The summed E-state index contributed by atoms with van der Waals surface area (Å²) in [6.07, 6.45) is 3.27. The summed E-state index contributed by atoms with van der Waals surface area (Å²) in [4.78, 5) is 7.89. The van der Waals surface area contributed by atoms with Crippen LogP contribution in [0.1, 0.15) is 0 Å². The topological polar surface area (TPSA) is 63.8 Å². The predicted molar refractivity (Wildman–Crippen MR) is 52.3 cm³/mol. The van der Waals surface area contributed by atoms with Gasteiger partial charge in [0, 0.05) is 19.3 Å². The minimum Gasteiger partial charge on any atom is -0.368 e. The molecule has 0 aliphatic rings. The Morgan fingerprint density at radius 3 is 3.09 bits per heavy atom. The monoisotopic (exact) mass is 264 g/mol. The molecule has 60 valence electrons. The van der Waals surface area contributed by atoms with Crippen LogP contribution in [0.5, 0.6) is 0 Å². The van der Waals surface area contributed by atoms with E-state index in [0.29, 0.717) is 6.54 Å². The standard InChI is InChI=1S/C6H9IN4/c7-5-3-9-4-11-6(5)10-2-1-8/h3-4H,1-2,8H2,(H,9,10,11). The lowest BCUT2D eigenvalue weighted by Gasteiger charge is -2.03. The highest BCUT2D eigenvalue weighted by atomic mass is 127. The van der Waals surface area contributed by atoms with Crippen molar-refractivity contribution in [1.82, 2.24) is 9.97 Å². The maximum absolute atomic E-state index is 5.32. The first-order valence-corrected chi connectivity index (χ1v) is 4.32. The van der Waals surface area contributed by atoms with E-state index in [4.69, 9.17) is 5.73 Å². The summed E-state index contributed by atoms with van der Waals surface area (Å²) in [6.45, 7) is 1.35. The van der Waals surface area contributed by atoms with Crippen molar-refractivity contribution in [2.45, 2.75) is 0 Å². The quantitative estimate of drug-likeness (QED) is 0.778. The lowest BCUT2D eigenvalue weighted by Crippen LogP contribution is -2.14. The van der Waals surface area contributed by atoms with Gasteiger partial charge in [-0.05, 0) is 22.6 Å². The molecular formula is C6H9IN4. The first-order chi connectivity index (χ1) is 5.34. The van der Waals surface area contributed by atoms with Gasteiger partial charge in [0.15, 0.2) is 0 Å². The number of hydrogen-bond donors (Lipinski definition) is 2. The SMILES string of the molecule is NCCNc1ncncc1I. The van der Waals surface area contributed by atoms with Gasteiger partial charge in [-0.25, -0.2) is 9.97 Å². The highest BCUT2D eigenvalue weighted by Crippen LogP contribution is 2.11. The molecular weight excluding hydrogens is 255 g/mol. The van der Waals surface area contributed by atoms with E-state index >= 15 is 0 Å². The third-order valence-corrected chi connectivity index (χ3v) is 1.89. The molecule has 0 atom stereocenters. The Morgan fingerprint density at radius 2 is 2.45 bits per heavy atom. The molecule has 0 aliphatic carbocycles. The van der Waals surface area contributed by atoms with Crippen LogP contribution in [0.3, 0.4) is 0 Å². The smallest absolute Gasteiger partial charge is 0.142 e. The average Bonchev–Trinajstić information content (AvgIpc) is 2.03. The van der Waals surface area contributed by atoms with E-state index in [0.717, 1.165) is 15.9 Å². The van der Waals surface area contributed by atoms with Gasteiger partial charge in [0.2, 0.25) is 0 Å². The Morgan fingerprint density at radius 1 is 1.64 bits per heavy atom. The Kier molecular flexibility index (Phi) is 3.50. The zero-order chi connectivity index (χ0) is 8.10. The van der Waals surface area contributed by atoms with Gasteiger partial charge in [-0.15, -0.1) is 0 Å². The summed E-state index contributed by atoms with van der Waals surface area (Å²) in [7, 11) is 0. The fourth-order valence-corrected chi connectivity index (χ4v) is 1.12. The summed E-state index contributed by atoms with van der Waals surface area (Å²) in [5.74, 6) is 0.853. The molecule has 3 N–H and O–H groups in total. The number of nitrogens with zero attached hydrogens (tertiary/aromatic N) is 2. The van der Waals surface area contributed by atoms with Crippen LogP contribution in [0.25, 0.3) is 0 Å². The number of nitrogens with two attached hydrogens (primary N) is 1. The van der Waals surface area contributed by atoms with E-state index < -0.39 is 0 Å². The molecule has 0 aromatic carbocycles. The van der Waals surface area contributed by atoms with Crippen LogP contribution in [-0.2, 0) is 0 Å². The van der Waals surface area contributed by atoms with Crippen LogP contribution in [0.15, 0.2) is 12.5 Å². The van der Waals surface area contributed by atoms with Crippen molar-refractivity contribution >= 4 is 28.4 Å². The zero-order valence-corrected chi connectivity index (χ0v) is 8.08. The van der Waals surface area contributed by atoms with E-state index in [9.17, 15) is 0 Å². The van der Waals surface area contributed by atoms with Crippen molar-refractivity contribution in [3.63, 3.8) is 0 Å². The normalized spacial score (nSPS) is 9.64. The lowest BCUT2D eigenvalue weighted by molar-refractivity contribution is 1.00. The van der Waals surface area contributed by atoms with Crippen LogP contribution < -0.4 is 11.1 Å². The minimum absolute atomic E-state index is 0.611. The van der Waals surface area contributed by atoms with Crippen molar-refractivity contribution < 1.29 is 0 Å². The van der Waals surface area contributed by atoms with Crippen molar-refractivity contribution in [1.29, 1.82) is 0 Å². The van der Waals surface area contributed by atoms with Crippen molar-refractivity contribution in [2.24, 2.45) is 5.73 Å². The van der Waals surface area contributed by atoms with Gasteiger partial charge in [0.1, 0.15) is 12.1 Å². The molecule has 1 aromatic heterocycles. The summed E-state index contributed by atoms with van der Waals surface area (Å²) in [6, 6.07) is 0. The molecule has 0 saturated carbocycles. The molecule has 0 amide bonds. The van der Waals surface area contributed by atoms with Gasteiger partial charge in [0.25, 0.3) is 0 Å². The lowest BCUT2D eigenvalue weighted by atomic mass is 10.5. The molecule has 0 saturated heterocycles. The molecule has 1 rings (SSSR count). The Hall–Kier alpha value is -0.430. The number of halogens is 1. The highest BCUT2D eigenvalue weighted by Gasteiger charge is 1.96. The fourth-order valence-electron chi connectivity index (χ4n) is 0.633. The first kappa shape index (κ1) is 8.66. The van der Waals surface area contributed by atoms with Crippen LogP contribution in [0.4, 0.5) is 5.82 Å². The van der Waals surface area contributed by atoms with Gasteiger partial charge in [-0.1, -0.05) is 0 Å². The highest BCUT2D eigenvalue weighted by molar-refractivity contribution is 14.1. The molecule has 11 heavy (non-hydrogen) atoms. The second-order valence-corrected chi connectivity index (χ2v) is 3.10. The predicted octanol–water partition coefficient (Wildman–Crippen LogP) is 0.452. The Labute approximate surface area is 78.8 Å². The number of nitrogens with one attached hydrogen (secondary N) is 1. The van der Waals surface area contributed by atoms with Gasteiger partial charge >= 0.3 is 0 Å². The maximum atomic E-state index is 5.32. The Balaban J connectivity index is 2.62. The van der Waals surface area contributed by atoms with Gasteiger partial charge in [0.05, 0.1) is 3.57 Å². The molecule has 5 heteroatoms. The molecule has 4 nitrogen and oxygen atoms in total. The zero-order valence-electron chi connectivity index (χ0n) is 5.92. The first-order valence-electron chi connectivity index (χ1n) is 3.24. The van der Waals surface area contributed by atoms with Crippen LogP contribution in [0.2, 0.25) is 0 Å². The van der Waals surface area contributed by atoms with Gasteiger partial charge in [-0.3, -0.25) is 0 Å². The van der Waals surface area contributed by atoms with Gasteiger partial charge < -0.3 is 11.1 Å². The second kappa shape index (κ2) is 4.45. The van der Waals surface area contributed by atoms with Crippen LogP contribution >= 0.6 is 22.6 Å². The largest absolute Gasteiger partial charge is 0.368 e. The summed E-state index contributed by atoms with van der Waals surface area (Å²) in [5.41, 5.74) is 5.32. The number of rotatable bonds is 3. The van der Waals surface area contributed by atoms with E-state index in [1.54, 1.807) is 6.20 Å². The van der Waals surface area contributed by atoms with Gasteiger partial charge in [-0.2, -0.15) is 0 Å². The molecule has 0 fully saturated rings. The van der Waals surface area contributed by atoms with Crippen LogP contribution in [-0.4, -0.2) is 23.1 Å². The van der Waals surface area contributed by atoms with E-state index in [-0.39, 0.29) is 0 Å².